The Labute approximate surface area is 155 Å². The molecule has 1 aliphatic heterocycles. The average molecular weight is 367 g/mol. The smallest absolute Gasteiger partial charge is 0.262 e. The number of carbonyl (C=O) groups is 1. The van der Waals surface area contributed by atoms with Crippen molar-refractivity contribution in [2.24, 2.45) is 5.92 Å². The summed E-state index contributed by atoms with van der Waals surface area (Å²) < 4.78 is 13.0. The van der Waals surface area contributed by atoms with E-state index in [0.717, 1.165) is 42.5 Å². The number of rotatable bonds is 6. The monoisotopic (exact) mass is 367 g/mol. The van der Waals surface area contributed by atoms with Crippen LogP contribution in [0.5, 0.6) is 5.88 Å². The lowest BCUT2D eigenvalue weighted by Gasteiger charge is -2.26. The van der Waals surface area contributed by atoms with Gasteiger partial charge in [0.1, 0.15) is 12.4 Å². The van der Waals surface area contributed by atoms with Crippen LogP contribution in [-0.4, -0.2) is 39.9 Å². The van der Waals surface area contributed by atoms with Gasteiger partial charge in [-0.3, -0.25) is 4.79 Å². The van der Waals surface area contributed by atoms with Crippen LogP contribution in [0.3, 0.4) is 0 Å². The second-order valence-electron chi connectivity index (χ2n) is 7.25. The molecule has 1 amide bonds. The van der Waals surface area contributed by atoms with Crippen molar-refractivity contribution in [1.82, 2.24) is 20.1 Å². The Balaban J connectivity index is 1.41. The highest BCUT2D eigenvalue weighted by atomic mass is 16.5. The normalized spacial score (nSPS) is 19.1. The van der Waals surface area contributed by atoms with Gasteiger partial charge in [0.05, 0.1) is 11.1 Å². The second kappa shape index (κ2) is 6.38. The van der Waals surface area contributed by atoms with Crippen molar-refractivity contribution in [3.8, 4) is 17.0 Å². The van der Waals surface area contributed by atoms with Crippen molar-refractivity contribution in [2.75, 3.05) is 18.5 Å². The molecule has 4 heterocycles. The molecule has 2 aliphatic rings. The van der Waals surface area contributed by atoms with Crippen LogP contribution >= 0.6 is 0 Å². The van der Waals surface area contributed by atoms with E-state index in [1.54, 1.807) is 4.52 Å². The molecule has 8 nitrogen and oxygen atoms in total. The highest BCUT2D eigenvalue weighted by Crippen LogP contribution is 2.34. The molecule has 3 aromatic rings. The number of nitrogens with one attached hydrogen (secondary N) is 2. The summed E-state index contributed by atoms with van der Waals surface area (Å²) in [6.45, 7) is 3.49. The highest BCUT2D eigenvalue weighted by molar-refractivity contribution is 5.93. The van der Waals surface area contributed by atoms with Gasteiger partial charge in [-0.1, -0.05) is 0 Å². The van der Waals surface area contributed by atoms with Crippen LogP contribution < -0.4 is 15.4 Å². The van der Waals surface area contributed by atoms with E-state index in [1.807, 2.05) is 31.3 Å². The second-order valence-corrected chi connectivity index (χ2v) is 7.25. The molecular weight excluding hydrogens is 346 g/mol. The van der Waals surface area contributed by atoms with Gasteiger partial charge in [-0.15, -0.1) is 0 Å². The van der Waals surface area contributed by atoms with Gasteiger partial charge >= 0.3 is 0 Å². The van der Waals surface area contributed by atoms with Crippen molar-refractivity contribution in [1.29, 1.82) is 0 Å². The standard InChI is InChI=1S/C19H21N5O3/c1-11-17(19(23-27-11)26-10-14-4-6-20-14)13-5-7-24-15(8-13)9-16(22-24)21-18(25)12-2-3-12/h5,7-9,12,14,20H,2-4,6,10H2,1H3,(H,21,22,25)/t14-/m1/s1. The first-order valence-electron chi connectivity index (χ1n) is 9.30. The number of fused-ring (bicyclic) bond motifs is 1. The van der Waals surface area contributed by atoms with E-state index >= 15 is 0 Å². The first-order valence-corrected chi connectivity index (χ1v) is 9.30. The Kier molecular flexibility index (Phi) is 3.86. The van der Waals surface area contributed by atoms with Crippen LogP contribution in [0.2, 0.25) is 0 Å². The third-order valence-corrected chi connectivity index (χ3v) is 5.13. The van der Waals surface area contributed by atoms with E-state index in [-0.39, 0.29) is 11.8 Å². The van der Waals surface area contributed by atoms with Crippen molar-refractivity contribution in [2.45, 2.75) is 32.2 Å². The molecule has 1 aliphatic carbocycles. The quantitative estimate of drug-likeness (QED) is 0.695. The Hall–Kier alpha value is -2.87. The molecule has 1 saturated carbocycles. The van der Waals surface area contributed by atoms with E-state index in [9.17, 15) is 4.79 Å². The van der Waals surface area contributed by atoms with Gasteiger partial charge in [-0.05, 0) is 55.6 Å². The molecule has 140 valence electrons. The summed E-state index contributed by atoms with van der Waals surface area (Å²) in [5, 5.41) is 14.7. The predicted octanol–water partition coefficient (Wildman–Crippen LogP) is 2.39. The average Bonchev–Trinajstić information content (AvgIpc) is 3.29. The summed E-state index contributed by atoms with van der Waals surface area (Å²) in [5.74, 6) is 1.98. The van der Waals surface area contributed by atoms with Crippen molar-refractivity contribution in [3.63, 3.8) is 0 Å². The minimum atomic E-state index is 0.0498. The maximum Gasteiger partial charge on any atom is 0.262 e. The fourth-order valence-corrected chi connectivity index (χ4v) is 3.23. The molecule has 0 aromatic carbocycles. The number of amides is 1. The summed E-state index contributed by atoms with van der Waals surface area (Å²) >= 11 is 0. The Bertz CT molecular complexity index is 1000. The number of aryl methyl sites for hydroxylation is 1. The summed E-state index contributed by atoms with van der Waals surface area (Å²) in [6.07, 6.45) is 4.91. The maximum absolute atomic E-state index is 11.9. The van der Waals surface area contributed by atoms with Crippen LogP contribution in [0.4, 0.5) is 5.82 Å². The number of hydrogen-bond donors (Lipinski definition) is 2. The summed E-state index contributed by atoms with van der Waals surface area (Å²) in [4.78, 5) is 11.9. The molecule has 1 saturated heterocycles. The van der Waals surface area contributed by atoms with Crippen molar-refractivity contribution >= 4 is 17.2 Å². The van der Waals surface area contributed by atoms with Gasteiger partial charge < -0.3 is 19.9 Å². The maximum atomic E-state index is 11.9. The molecular formula is C19H21N5O3. The number of aromatic nitrogens is 3. The molecule has 2 fully saturated rings. The number of pyridine rings is 1. The largest absolute Gasteiger partial charge is 0.473 e. The topological polar surface area (TPSA) is 93.7 Å². The molecule has 27 heavy (non-hydrogen) atoms. The van der Waals surface area contributed by atoms with Crippen LogP contribution in [0.25, 0.3) is 16.6 Å². The minimum Gasteiger partial charge on any atom is -0.473 e. The molecule has 0 radical (unpaired) electrons. The number of anilines is 1. The lowest BCUT2D eigenvalue weighted by atomic mass is 10.1. The number of ether oxygens (including phenoxy) is 1. The van der Waals surface area contributed by atoms with Gasteiger partial charge in [0.2, 0.25) is 5.91 Å². The van der Waals surface area contributed by atoms with Crippen molar-refractivity contribution < 1.29 is 14.1 Å². The molecule has 0 spiro atoms. The summed E-state index contributed by atoms with van der Waals surface area (Å²) in [6, 6.07) is 6.18. The Morgan fingerprint density at radius 2 is 2.26 bits per heavy atom. The zero-order valence-corrected chi connectivity index (χ0v) is 15.1. The first-order chi connectivity index (χ1) is 13.2. The molecule has 1 atom stereocenters. The van der Waals surface area contributed by atoms with E-state index in [0.29, 0.717) is 30.1 Å². The molecule has 0 unspecified atom stereocenters. The van der Waals surface area contributed by atoms with Gasteiger partial charge in [-0.25, -0.2) is 4.52 Å². The molecule has 0 bridgehead atoms. The first kappa shape index (κ1) is 16.3. The Morgan fingerprint density at radius 1 is 1.41 bits per heavy atom. The third kappa shape index (κ3) is 3.16. The number of carbonyl (C=O) groups excluding carboxylic acids is 1. The zero-order chi connectivity index (χ0) is 18.4. The van der Waals surface area contributed by atoms with Crippen LogP contribution in [-0.2, 0) is 4.79 Å². The third-order valence-electron chi connectivity index (χ3n) is 5.13. The van der Waals surface area contributed by atoms with Crippen molar-refractivity contribution in [3.05, 3.63) is 30.2 Å². The summed E-state index contributed by atoms with van der Waals surface area (Å²) in [7, 11) is 0. The van der Waals surface area contributed by atoms with E-state index < -0.39 is 0 Å². The summed E-state index contributed by atoms with van der Waals surface area (Å²) in [5.41, 5.74) is 2.67. The zero-order valence-electron chi connectivity index (χ0n) is 15.1. The molecule has 5 rings (SSSR count). The Morgan fingerprint density at radius 3 is 3.00 bits per heavy atom. The SMILES string of the molecule is Cc1onc(OC[C@H]2CCN2)c1-c1ccn2nc(NC(=O)C3CC3)cc2c1. The van der Waals surface area contributed by atoms with Crippen LogP contribution in [0.15, 0.2) is 28.9 Å². The lowest BCUT2D eigenvalue weighted by Crippen LogP contribution is -2.46. The van der Waals surface area contributed by atoms with Gasteiger partial charge in [0.15, 0.2) is 5.82 Å². The van der Waals surface area contributed by atoms with E-state index in [4.69, 9.17) is 9.26 Å². The fourth-order valence-electron chi connectivity index (χ4n) is 3.23. The van der Waals surface area contributed by atoms with Gasteiger partial charge in [-0.2, -0.15) is 5.10 Å². The molecule has 3 aromatic heterocycles. The number of hydrogen-bond acceptors (Lipinski definition) is 6. The van der Waals surface area contributed by atoms with E-state index in [1.165, 1.54) is 0 Å². The van der Waals surface area contributed by atoms with Crippen LogP contribution in [0.1, 0.15) is 25.0 Å². The van der Waals surface area contributed by atoms with Gasteiger partial charge in [0, 0.05) is 24.2 Å². The minimum absolute atomic E-state index is 0.0498. The number of nitrogens with zero attached hydrogens (tertiary/aromatic N) is 3. The van der Waals surface area contributed by atoms with Gasteiger partial charge in [0.25, 0.3) is 5.88 Å². The lowest BCUT2D eigenvalue weighted by molar-refractivity contribution is -0.117. The predicted molar refractivity (Wildman–Crippen MR) is 98.7 cm³/mol. The van der Waals surface area contributed by atoms with E-state index in [2.05, 4.69) is 20.9 Å². The highest BCUT2D eigenvalue weighted by Gasteiger charge is 2.30. The fraction of sp³-hybridized carbons (Fsp3) is 0.421. The molecule has 2 N–H and O–H groups in total. The molecule has 8 heteroatoms. The van der Waals surface area contributed by atoms with Crippen LogP contribution in [0, 0.1) is 12.8 Å².